The number of rotatable bonds is 4. The zero-order valence-corrected chi connectivity index (χ0v) is 13.2. The summed E-state index contributed by atoms with van der Waals surface area (Å²) in [6, 6.07) is 1.56. The summed E-state index contributed by atoms with van der Waals surface area (Å²) in [5, 5.41) is 0.366. The summed E-state index contributed by atoms with van der Waals surface area (Å²) >= 11 is 6.17. The monoisotopic (exact) mass is 326 g/mol. The molecule has 0 fully saturated rings. The third kappa shape index (κ3) is 2.54. The summed E-state index contributed by atoms with van der Waals surface area (Å²) < 4.78 is 14.8. The second kappa shape index (κ2) is 6.36. The number of hydrogen-bond acceptors (Lipinski definition) is 6. The minimum absolute atomic E-state index is 0.195. The van der Waals surface area contributed by atoms with Gasteiger partial charge in [0.1, 0.15) is 0 Å². The van der Waals surface area contributed by atoms with Crippen molar-refractivity contribution in [3.63, 3.8) is 0 Å². The van der Waals surface area contributed by atoms with Crippen molar-refractivity contribution in [2.24, 2.45) is 5.92 Å². The largest absolute Gasteiger partial charge is 0.493 e. The molecule has 1 aromatic carbocycles. The van der Waals surface area contributed by atoms with Crippen molar-refractivity contribution in [1.29, 1.82) is 0 Å². The van der Waals surface area contributed by atoms with E-state index in [2.05, 4.69) is 4.74 Å². The lowest BCUT2D eigenvalue weighted by molar-refractivity contribution is -0.153. The molecule has 0 unspecified atom stereocenters. The Balaban J connectivity index is 2.55. The van der Waals surface area contributed by atoms with E-state index >= 15 is 0 Å². The molecule has 0 N–H and O–H groups in total. The fourth-order valence-electron chi connectivity index (χ4n) is 2.59. The van der Waals surface area contributed by atoms with Crippen molar-refractivity contribution < 1.29 is 28.6 Å². The Labute approximate surface area is 132 Å². The van der Waals surface area contributed by atoms with E-state index in [-0.39, 0.29) is 17.7 Å². The molecule has 0 aromatic heterocycles. The zero-order valence-electron chi connectivity index (χ0n) is 12.4. The van der Waals surface area contributed by atoms with Crippen LogP contribution in [0.25, 0.3) is 0 Å². The van der Waals surface area contributed by atoms with E-state index in [1.165, 1.54) is 14.2 Å². The Hall–Kier alpha value is -2.08. The van der Waals surface area contributed by atoms with Crippen molar-refractivity contribution in [2.75, 3.05) is 21.3 Å². The Morgan fingerprint density at radius 2 is 1.91 bits per heavy atom. The van der Waals surface area contributed by atoms with Crippen LogP contribution in [-0.2, 0) is 20.7 Å². The molecule has 118 valence electrons. The highest BCUT2D eigenvalue weighted by molar-refractivity contribution is 6.40. The molecule has 1 aliphatic carbocycles. The summed E-state index contributed by atoms with van der Waals surface area (Å²) in [5.41, 5.74) is 0.790. The number of ketones is 2. The SMILES string of the molecule is COC(=O)C(=O)[C@@H]1CCc2c(Cl)cc(OC)c(OC)c2C1=O. The average molecular weight is 327 g/mol. The first-order valence-corrected chi connectivity index (χ1v) is 6.93. The van der Waals surface area contributed by atoms with E-state index in [9.17, 15) is 14.4 Å². The molecular weight excluding hydrogens is 312 g/mol. The van der Waals surface area contributed by atoms with Crippen LogP contribution in [0, 0.1) is 5.92 Å². The number of Topliss-reactive ketones (excluding diaryl/α,β-unsaturated/α-hetero) is 2. The van der Waals surface area contributed by atoms with Crippen LogP contribution in [-0.4, -0.2) is 38.9 Å². The van der Waals surface area contributed by atoms with Gasteiger partial charge >= 0.3 is 5.97 Å². The standard InChI is InChI=1S/C15H15ClO6/c1-20-10-6-9(16)7-4-5-8(13(18)15(19)22-3)12(17)11(7)14(10)21-2/h6,8H,4-5H2,1-3H3/t8-/m1/s1. The van der Waals surface area contributed by atoms with Gasteiger partial charge in [0, 0.05) is 11.1 Å². The predicted molar refractivity (Wildman–Crippen MR) is 77.7 cm³/mol. The smallest absolute Gasteiger partial charge is 0.375 e. The first kappa shape index (κ1) is 16.3. The molecule has 0 saturated carbocycles. The molecule has 0 heterocycles. The third-order valence-electron chi connectivity index (χ3n) is 3.67. The number of esters is 1. The van der Waals surface area contributed by atoms with Crippen molar-refractivity contribution in [3.8, 4) is 11.5 Å². The van der Waals surface area contributed by atoms with Crippen LogP contribution in [0.15, 0.2) is 6.07 Å². The molecule has 1 aromatic rings. The molecule has 1 atom stereocenters. The molecule has 7 heteroatoms. The van der Waals surface area contributed by atoms with E-state index in [4.69, 9.17) is 21.1 Å². The number of methoxy groups -OCH3 is 3. The average Bonchev–Trinajstić information content (AvgIpc) is 2.53. The van der Waals surface area contributed by atoms with Gasteiger partial charge in [-0.15, -0.1) is 0 Å². The van der Waals surface area contributed by atoms with Gasteiger partial charge in [-0.05, 0) is 18.4 Å². The lowest BCUT2D eigenvalue weighted by Gasteiger charge is -2.25. The van der Waals surface area contributed by atoms with Gasteiger partial charge in [-0.3, -0.25) is 9.59 Å². The van der Waals surface area contributed by atoms with Crippen molar-refractivity contribution in [3.05, 3.63) is 22.2 Å². The summed E-state index contributed by atoms with van der Waals surface area (Å²) in [5.74, 6) is -2.97. The van der Waals surface area contributed by atoms with Gasteiger partial charge in [-0.25, -0.2) is 4.79 Å². The highest BCUT2D eigenvalue weighted by Crippen LogP contribution is 2.43. The Bertz CT molecular complexity index is 652. The van der Waals surface area contributed by atoms with Crippen LogP contribution in [0.3, 0.4) is 0 Å². The predicted octanol–water partition coefficient (Wildman–Crippen LogP) is 1.84. The number of fused-ring (bicyclic) bond motifs is 1. The van der Waals surface area contributed by atoms with Gasteiger partial charge in [0.2, 0.25) is 0 Å². The lowest BCUT2D eigenvalue weighted by Crippen LogP contribution is -2.35. The quantitative estimate of drug-likeness (QED) is 0.477. The molecule has 0 radical (unpaired) electrons. The number of carbonyl (C=O) groups is 3. The van der Waals surface area contributed by atoms with E-state index in [1.54, 1.807) is 6.07 Å². The Morgan fingerprint density at radius 1 is 1.23 bits per heavy atom. The maximum Gasteiger partial charge on any atom is 0.375 e. The number of carbonyl (C=O) groups excluding carboxylic acids is 3. The Morgan fingerprint density at radius 3 is 2.45 bits per heavy atom. The number of benzene rings is 1. The number of halogens is 1. The summed E-state index contributed by atoms with van der Waals surface area (Å²) in [4.78, 5) is 36.1. The van der Waals surface area contributed by atoms with Gasteiger partial charge in [0.15, 0.2) is 17.3 Å². The summed E-state index contributed by atoms with van der Waals surface area (Å²) in [7, 11) is 3.91. The normalized spacial score (nSPS) is 16.7. The van der Waals surface area contributed by atoms with Gasteiger partial charge in [0.05, 0.1) is 32.8 Å². The van der Waals surface area contributed by atoms with Crippen molar-refractivity contribution in [1.82, 2.24) is 0 Å². The fourth-order valence-corrected chi connectivity index (χ4v) is 2.88. The maximum absolute atomic E-state index is 12.7. The van der Waals surface area contributed by atoms with E-state index < -0.39 is 23.5 Å². The first-order valence-electron chi connectivity index (χ1n) is 6.55. The Kier molecular flexibility index (Phi) is 4.71. The van der Waals surface area contributed by atoms with Crippen LogP contribution in [0.2, 0.25) is 5.02 Å². The minimum atomic E-state index is -1.09. The van der Waals surface area contributed by atoms with E-state index in [0.29, 0.717) is 22.8 Å². The zero-order chi connectivity index (χ0) is 16.4. The van der Waals surface area contributed by atoms with Crippen molar-refractivity contribution in [2.45, 2.75) is 12.8 Å². The van der Waals surface area contributed by atoms with Gasteiger partial charge in [0.25, 0.3) is 5.78 Å². The van der Waals surface area contributed by atoms with Crippen LogP contribution in [0.4, 0.5) is 0 Å². The molecule has 0 bridgehead atoms. The van der Waals surface area contributed by atoms with E-state index in [0.717, 1.165) is 7.11 Å². The minimum Gasteiger partial charge on any atom is -0.493 e. The summed E-state index contributed by atoms with van der Waals surface area (Å²) in [6.07, 6.45) is 0.586. The second-order valence-electron chi connectivity index (χ2n) is 4.76. The molecule has 2 rings (SSSR count). The molecular formula is C15H15ClO6. The highest BCUT2D eigenvalue weighted by atomic mass is 35.5. The number of hydrogen-bond donors (Lipinski definition) is 0. The van der Waals surface area contributed by atoms with Crippen molar-refractivity contribution >= 4 is 29.1 Å². The first-order chi connectivity index (χ1) is 10.5. The lowest BCUT2D eigenvalue weighted by atomic mass is 9.80. The molecule has 6 nitrogen and oxygen atoms in total. The molecule has 0 saturated heterocycles. The van der Waals surface area contributed by atoms with Crippen LogP contribution in [0.1, 0.15) is 22.3 Å². The van der Waals surface area contributed by atoms with Crippen LogP contribution >= 0.6 is 11.6 Å². The highest BCUT2D eigenvalue weighted by Gasteiger charge is 2.40. The molecule has 0 aliphatic heterocycles. The maximum atomic E-state index is 12.7. The molecule has 22 heavy (non-hydrogen) atoms. The molecule has 0 spiro atoms. The molecule has 0 amide bonds. The van der Waals surface area contributed by atoms with Crippen LogP contribution < -0.4 is 9.47 Å². The van der Waals surface area contributed by atoms with Crippen LogP contribution in [0.5, 0.6) is 11.5 Å². The van der Waals surface area contributed by atoms with Gasteiger partial charge < -0.3 is 14.2 Å². The third-order valence-corrected chi connectivity index (χ3v) is 4.01. The van der Waals surface area contributed by atoms with Gasteiger partial charge in [-0.1, -0.05) is 11.6 Å². The molecule has 1 aliphatic rings. The number of ether oxygens (including phenoxy) is 3. The second-order valence-corrected chi connectivity index (χ2v) is 5.17. The van der Waals surface area contributed by atoms with Gasteiger partial charge in [-0.2, -0.15) is 0 Å². The fraction of sp³-hybridized carbons (Fsp3) is 0.400. The summed E-state index contributed by atoms with van der Waals surface area (Å²) in [6.45, 7) is 0. The topological polar surface area (TPSA) is 78.9 Å². The van der Waals surface area contributed by atoms with E-state index in [1.807, 2.05) is 0 Å².